The Morgan fingerprint density at radius 3 is 2.45 bits per heavy atom. The molecule has 0 saturated carbocycles. The predicted molar refractivity (Wildman–Crippen MR) is 67.3 cm³/mol. The van der Waals surface area contributed by atoms with E-state index in [4.69, 9.17) is 0 Å². The lowest BCUT2D eigenvalue weighted by Crippen LogP contribution is -2.56. The molecule has 20 heavy (non-hydrogen) atoms. The molecule has 1 N–H and O–H groups in total. The molecule has 1 atom stereocenters. The van der Waals surface area contributed by atoms with Crippen LogP contribution in [0.4, 0.5) is 8.78 Å². The van der Waals surface area contributed by atoms with E-state index in [-0.39, 0.29) is 19.5 Å². The average molecular weight is 304 g/mol. The topological polar surface area (TPSA) is 66.5 Å². The first-order valence-electron chi connectivity index (χ1n) is 6.12. The second kappa shape index (κ2) is 5.45. The molecule has 0 bridgehead atoms. The number of piperazine rings is 1. The molecule has 1 fully saturated rings. The normalized spacial score (nSPS) is 20.8. The SMILES string of the molecule is CCC1C(=O)NCCN1S(=O)(=O)c1cc(F)cc(F)c1. The number of amides is 1. The molecule has 1 heterocycles. The monoisotopic (exact) mass is 304 g/mol. The molecule has 1 aromatic rings. The van der Waals surface area contributed by atoms with Crippen molar-refractivity contribution in [3.63, 3.8) is 0 Å². The second-order valence-corrected chi connectivity index (χ2v) is 6.33. The van der Waals surface area contributed by atoms with Crippen molar-refractivity contribution in [3.8, 4) is 0 Å². The summed E-state index contributed by atoms with van der Waals surface area (Å²) in [6.07, 6.45) is 0.281. The summed E-state index contributed by atoms with van der Waals surface area (Å²) < 4.78 is 52.2. The minimum absolute atomic E-state index is 0.0741. The Morgan fingerprint density at radius 1 is 1.30 bits per heavy atom. The van der Waals surface area contributed by atoms with Gasteiger partial charge >= 0.3 is 0 Å². The van der Waals surface area contributed by atoms with Crippen LogP contribution < -0.4 is 5.32 Å². The van der Waals surface area contributed by atoms with Gasteiger partial charge in [-0.15, -0.1) is 0 Å². The maximum Gasteiger partial charge on any atom is 0.244 e. The van der Waals surface area contributed by atoms with E-state index in [2.05, 4.69) is 5.32 Å². The number of benzene rings is 1. The number of hydrogen-bond donors (Lipinski definition) is 1. The molecule has 2 rings (SSSR count). The third kappa shape index (κ3) is 2.66. The Labute approximate surface area is 115 Å². The summed E-state index contributed by atoms with van der Waals surface area (Å²) in [4.78, 5) is 11.2. The van der Waals surface area contributed by atoms with Crippen molar-refractivity contribution < 1.29 is 22.0 Å². The van der Waals surface area contributed by atoms with E-state index in [1.54, 1.807) is 6.92 Å². The molecule has 0 aromatic heterocycles. The highest BCUT2D eigenvalue weighted by molar-refractivity contribution is 7.89. The number of hydrogen-bond acceptors (Lipinski definition) is 3. The van der Waals surface area contributed by atoms with Gasteiger partial charge in [-0.05, 0) is 18.6 Å². The van der Waals surface area contributed by atoms with Gasteiger partial charge in [0.05, 0.1) is 4.90 Å². The lowest BCUT2D eigenvalue weighted by Gasteiger charge is -2.33. The van der Waals surface area contributed by atoms with Gasteiger partial charge in [-0.2, -0.15) is 4.31 Å². The molecule has 0 aliphatic carbocycles. The lowest BCUT2D eigenvalue weighted by molar-refractivity contribution is -0.126. The Kier molecular flexibility index (Phi) is 4.05. The third-order valence-electron chi connectivity index (χ3n) is 3.11. The number of halogens is 2. The zero-order valence-corrected chi connectivity index (χ0v) is 11.6. The molecular weight excluding hydrogens is 290 g/mol. The highest BCUT2D eigenvalue weighted by Crippen LogP contribution is 2.22. The quantitative estimate of drug-likeness (QED) is 0.901. The maximum absolute atomic E-state index is 13.2. The van der Waals surface area contributed by atoms with Crippen LogP contribution in [0.15, 0.2) is 23.1 Å². The van der Waals surface area contributed by atoms with E-state index in [1.807, 2.05) is 0 Å². The van der Waals surface area contributed by atoms with Crippen molar-refractivity contribution in [2.45, 2.75) is 24.3 Å². The van der Waals surface area contributed by atoms with Gasteiger partial charge in [0.15, 0.2) is 0 Å². The van der Waals surface area contributed by atoms with Crippen LogP contribution in [0, 0.1) is 11.6 Å². The smallest absolute Gasteiger partial charge is 0.244 e. The van der Waals surface area contributed by atoms with Crippen LogP contribution in [-0.4, -0.2) is 37.8 Å². The standard InChI is InChI=1S/C12H14F2N2O3S/c1-2-11-12(17)15-3-4-16(11)20(18,19)10-6-8(13)5-9(14)7-10/h5-7,11H,2-4H2,1H3,(H,15,17). The third-order valence-corrected chi connectivity index (χ3v) is 5.00. The largest absolute Gasteiger partial charge is 0.353 e. The summed E-state index contributed by atoms with van der Waals surface area (Å²) in [7, 11) is -4.11. The molecule has 5 nitrogen and oxygen atoms in total. The van der Waals surface area contributed by atoms with E-state index >= 15 is 0 Å². The fourth-order valence-corrected chi connectivity index (χ4v) is 3.89. The van der Waals surface area contributed by atoms with Crippen molar-refractivity contribution in [2.24, 2.45) is 0 Å². The van der Waals surface area contributed by atoms with Crippen LogP contribution in [0.3, 0.4) is 0 Å². The lowest BCUT2D eigenvalue weighted by atomic mass is 10.2. The highest BCUT2D eigenvalue weighted by Gasteiger charge is 2.37. The average Bonchev–Trinajstić information content (AvgIpc) is 2.37. The first kappa shape index (κ1) is 14.9. The number of carbonyl (C=O) groups is 1. The van der Waals surface area contributed by atoms with Gasteiger partial charge in [-0.1, -0.05) is 6.92 Å². The molecule has 110 valence electrons. The fraction of sp³-hybridized carbons (Fsp3) is 0.417. The summed E-state index contributed by atoms with van der Waals surface area (Å²) in [6.45, 7) is 1.92. The molecule has 1 saturated heterocycles. The minimum atomic E-state index is -4.11. The number of nitrogens with zero attached hydrogens (tertiary/aromatic N) is 1. The summed E-state index contributed by atoms with van der Waals surface area (Å²) in [5.74, 6) is -2.35. The molecule has 1 unspecified atom stereocenters. The number of rotatable bonds is 3. The van der Waals surface area contributed by atoms with Crippen LogP contribution in [0.1, 0.15) is 13.3 Å². The Hall–Kier alpha value is -1.54. The zero-order valence-electron chi connectivity index (χ0n) is 10.8. The van der Waals surface area contributed by atoms with Gasteiger partial charge in [-0.3, -0.25) is 4.79 Å². The second-order valence-electron chi connectivity index (χ2n) is 4.44. The van der Waals surface area contributed by atoms with E-state index < -0.39 is 38.5 Å². The summed E-state index contributed by atoms with van der Waals surface area (Å²) in [5, 5.41) is 2.57. The van der Waals surface area contributed by atoms with Crippen molar-refractivity contribution in [1.82, 2.24) is 9.62 Å². The van der Waals surface area contributed by atoms with Crippen LogP contribution in [0.25, 0.3) is 0 Å². The van der Waals surface area contributed by atoms with Crippen molar-refractivity contribution in [2.75, 3.05) is 13.1 Å². The molecule has 1 aromatic carbocycles. The molecular formula is C12H14F2N2O3S. The van der Waals surface area contributed by atoms with Crippen molar-refractivity contribution >= 4 is 15.9 Å². The first-order valence-corrected chi connectivity index (χ1v) is 7.56. The van der Waals surface area contributed by atoms with Gasteiger partial charge in [0.1, 0.15) is 17.7 Å². The van der Waals surface area contributed by atoms with E-state index in [1.165, 1.54) is 0 Å². The predicted octanol–water partition coefficient (Wildman–Crippen LogP) is 0.864. The van der Waals surface area contributed by atoms with Crippen LogP contribution in [-0.2, 0) is 14.8 Å². The van der Waals surface area contributed by atoms with E-state index in [0.29, 0.717) is 6.07 Å². The van der Waals surface area contributed by atoms with Gasteiger partial charge in [-0.25, -0.2) is 17.2 Å². The molecule has 0 radical (unpaired) electrons. The van der Waals surface area contributed by atoms with Gasteiger partial charge in [0, 0.05) is 19.2 Å². The minimum Gasteiger partial charge on any atom is -0.353 e. The Bertz CT molecular complexity index is 613. The van der Waals surface area contributed by atoms with Gasteiger partial charge in [0.2, 0.25) is 15.9 Å². The summed E-state index contributed by atoms with van der Waals surface area (Å²) in [6, 6.07) is 1.23. The maximum atomic E-state index is 13.2. The van der Waals surface area contributed by atoms with Crippen molar-refractivity contribution in [3.05, 3.63) is 29.8 Å². The van der Waals surface area contributed by atoms with Crippen molar-refractivity contribution in [1.29, 1.82) is 0 Å². The number of carbonyl (C=O) groups excluding carboxylic acids is 1. The van der Waals surface area contributed by atoms with E-state index in [0.717, 1.165) is 16.4 Å². The van der Waals surface area contributed by atoms with Gasteiger partial charge in [0.25, 0.3) is 0 Å². The van der Waals surface area contributed by atoms with Crippen LogP contribution in [0.2, 0.25) is 0 Å². The number of nitrogens with one attached hydrogen (secondary N) is 1. The molecule has 1 aliphatic rings. The van der Waals surface area contributed by atoms with Crippen LogP contribution >= 0.6 is 0 Å². The van der Waals surface area contributed by atoms with Crippen LogP contribution in [0.5, 0.6) is 0 Å². The number of sulfonamides is 1. The first-order chi connectivity index (χ1) is 9.36. The Balaban J connectivity index is 2.45. The summed E-state index contributed by atoms with van der Waals surface area (Å²) in [5.41, 5.74) is 0. The molecule has 1 amide bonds. The summed E-state index contributed by atoms with van der Waals surface area (Å²) >= 11 is 0. The zero-order chi connectivity index (χ0) is 14.9. The highest BCUT2D eigenvalue weighted by atomic mass is 32.2. The fourth-order valence-electron chi connectivity index (χ4n) is 2.18. The molecule has 1 aliphatic heterocycles. The molecule has 8 heteroatoms. The molecule has 0 spiro atoms. The Morgan fingerprint density at radius 2 is 1.90 bits per heavy atom. The van der Waals surface area contributed by atoms with Gasteiger partial charge < -0.3 is 5.32 Å². The van der Waals surface area contributed by atoms with E-state index in [9.17, 15) is 22.0 Å².